The number of anilines is 4. The molecule has 0 unspecified atom stereocenters. The molecule has 2 rings (SSSR count). The van der Waals surface area contributed by atoms with Gasteiger partial charge in [-0.2, -0.15) is 0 Å². The average molecular weight is 327 g/mol. The van der Waals surface area contributed by atoms with Crippen LogP contribution in [-0.4, -0.2) is 38.1 Å². The molecule has 0 aromatic heterocycles. The van der Waals surface area contributed by atoms with Crippen LogP contribution in [0.1, 0.15) is 12.8 Å². The monoisotopic (exact) mass is 327 g/mol. The molecule has 2 aromatic carbocycles. The van der Waals surface area contributed by atoms with E-state index in [2.05, 4.69) is 29.6 Å². The Bertz CT molecular complexity index is 541. The standard InChI is InChI=1S/C19H29N5/c1-24(2)19(11-13-22-17-7-3-15(20)4-8-17)12-14-23-18-9-5-16(21)6-10-18/h3-10,19,22-23H,11-14,20-21H2,1-2H3. The molecule has 5 nitrogen and oxygen atoms in total. The van der Waals surface area contributed by atoms with Crippen molar-refractivity contribution in [2.75, 3.05) is 49.3 Å². The second kappa shape index (κ2) is 9.03. The molecule has 24 heavy (non-hydrogen) atoms. The Morgan fingerprint density at radius 3 is 1.46 bits per heavy atom. The molecule has 0 spiro atoms. The summed E-state index contributed by atoms with van der Waals surface area (Å²) in [6.07, 6.45) is 2.17. The first kappa shape index (κ1) is 17.9. The highest BCUT2D eigenvalue weighted by Gasteiger charge is 2.10. The normalized spacial score (nSPS) is 11.0. The van der Waals surface area contributed by atoms with Crippen LogP contribution in [0.15, 0.2) is 48.5 Å². The van der Waals surface area contributed by atoms with Gasteiger partial charge in [-0.3, -0.25) is 0 Å². The van der Waals surface area contributed by atoms with Gasteiger partial charge in [-0.15, -0.1) is 0 Å². The lowest BCUT2D eigenvalue weighted by Crippen LogP contribution is -2.31. The maximum absolute atomic E-state index is 5.71. The van der Waals surface area contributed by atoms with Crippen molar-refractivity contribution in [3.05, 3.63) is 48.5 Å². The highest BCUT2D eigenvalue weighted by atomic mass is 15.1. The van der Waals surface area contributed by atoms with Gasteiger partial charge in [0.15, 0.2) is 0 Å². The lowest BCUT2D eigenvalue weighted by atomic mass is 10.1. The molecular weight excluding hydrogens is 298 g/mol. The summed E-state index contributed by atoms with van der Waals surface area (Å²) in [5.41, 5.74) is 15.2. The summed E-state index contributed by atoms with van der Waals surface area (Å²) in [6.45, 7) is 1.88. The van der Waals surface area contributed by atoms with Crippen molar-refractivity contribution in [1.82, 2.24) is 4.90 Å². The molecule has 0 fully saturated rings. The highest BCUT2D eigenvalue weighted by Crippen LogP contribution is 2.13. The Balaban J connectivity index is 1.73. The van der Waals surface area contributed by atoms with Crippen molar-refractivity contribution < 1.29 is 0 Å². The fourth-order valence-electron chi connectivity index (χ4n) is 2.63. The topological polar surface area (TPSA) is 79.3 Å². The predicted molar refractivity (Wildman–Crippen MR) is 105 cm³/mol. The van der Waals surface area contributed by atoms with Crippen molar-refractivity contribution >= 4 is 22.7 Å². The van der Waals surface area contributed by atoms with Crippen molar-refractivity contribution in [2.45, 2.75) is 18.9 Å². The van der Waals surface area contributed by atoms with Gasteiger partial charge in [0.25, 0.3) is 0 Å². The summed E-state index contributed by atoms with van der Waals surface area (Å²) in [4.78, 5) is 2.29. The van der Waals surface area contributed by atoms with Crippen LogP contribution in [-0.2, 0) is 0 Å². The number of nitrogen functional groups attached to an aromatic ring is 2. The first-order valence-corrected chi connectivity index (χ1v) is 8.40. The van der Waals surface area contributed by atoms with E-state index in [4.69, 9.17) is 11.5 Å². The van der Waals surface area contributed by atoms with E-state index in [1.807, 2.05) is 48.5 Å². The Kier molecular flexibility index (Phi) is 6.75. The molecule has 0 amide bonds. The molecule has 0 aliphatic rings. The Labute approximate surface area is 145 Å². The van der Waals surface area contributed by atoms with E-state index in [0.717, 1.165) is 48.7 Å². The van der Waals surface area contributed by atoms with Gasteiger partial charge in [0.2, 0.25) is 0 Å². The molecule has 130 valence electrons. The van der Waals surface area contributed by atoms with E-state index in [1.165, 1.54) is 0 Å². The molecule has 0 heterocycles. The minimum Gasteiger partial charge on any atom is -0.399 e. The van der Waals surface area contributed by atoms with Crippen LogP contribution in [0.4, 0.5) is 22.7 Å². The Morgan fingerprint density at radius 2 is 1.12 bits per heavy atom. The van der Waals surface area contributed by atoms with Crippen LogP contribution in [0.3, 0.4) is 0 Å². The van der Waals surface area contributed by atoms with Gasteiger partial charge in [0, 0.05) is 41.9 Å². The zero-order valence-corrected chi connectivity index (χ0v) is 14.6. The molecule has 2 aromatic rings. The number of hydrogen-bond acceptors (Lipinski definition) is 5. The number of nitrogens with one attached hydrogen (secondary N) is 2. The van der Waals surface area contributed by atoms with Gasteiger partial charge in [0.05, 0.1) is 0 Å². The largest absolute Gasteiger partial charge is 0.399 e. The molecule has 0 aliphatic carbocycles. The zero-order valence-electron chi connectivity index (χ0n) is 14.6. The fourth-order valence-corrected chi connectivity index (χ4v) is 2.63. The van der Waals surface area contributed by atoms with Crippen LogP contribution in [0.2, 0.25) is 0 Å². The second-order valence-corrected chi connectivity index (χ2v) is 6.29. The number of nitrogens with zero attached hydrogens (tertiary/aromatic N) is 1. The number of rotatable bonds is 9. The molecule has 0 aliphatic heterocycles. The lowest BCUT2D eigenvalue weighted by molar-refractivity contribution is 0.273. The van der Waals surface area contributed by atoms with Gasteiger partial charge in [-0.1, -0.05) is 0 Å². The zero-order chi connectivity index (χ0) is 17.4. The quantitative estimate of drug-likeness (QED) is 0.532. The summed E-state index contributed by atoms with van der Waals surface area (Å²) < 4.78 is 0. The van der Waals surface area contributed by atoms with Crippen LogP contribution >= 0.6 is 0 Å². The maximum atomic E-state index is 5.71. The van der Waals surface area contributed by atoms with E-state index in [-0.39, 0.29) is 0 Å². The molecule has 0 atom stereocenters. The highest BCUT2D eigenvalue weighted by molar-refractivity contribution is 5.51. The van der Waals surface area contributed by atoms with Gasteiger partial charge in [-0.25, -0.2) is 0 Å². The molecule has 0 bridgehead atoms. The van der Waals surface area contributed by atoms with E-state index in [1.54, 1.807) is 0 Å². The fraction of sp³-hybridized carbons (Fsp3) is 0.368. The van der Waals surface area contributed by atoms with Crippen molar-refractivity contribution in [3.63, 3.8) is 0 Å². The first-order chi connectivity index (χ1) is 11.5. The summed E-state index contributed by atoms with van der Waals surface area (Å²) in [5.74, 6) is 0. The molecule has 5 heteroatoms. The number of nitrogens with two attached hydrogens (primary N) is 2. The van der Waals surface area contributed by atoms with Gasteiger partial charge in [-0.05, 0) is 75.5 Å². The Morgan fingerprint density at radius 1 is 0.750 bits per heavy atom. The lowest BCUT2D eigenvalue weighted by Gasteiger charge is -2.25. The van der Waals surface area contributed by atoms with Gasteiger partial charge >= 0.3 is 0 Å². The van der Waals surface area contributed by atoms with Crippen LogP contribution in [0.25, 0.3) is 0 Å². The third kappa shape index (κ3) is 6.01. The molecule has 0 saturated carbocycles. The van der Waals surface area contributed by atoms with Gasteiger partial charge < -0.3 is 27.0 Å². The van der Waals surface area contributed by atoms with E-state index >= 15 is 0 Å². The van der Waals surface area contributed by atoms with Gasteiger partial charge in [0.1, 0.15) is 0 Å². The van der Waals surface area contributed by atoms with Crippen LogP contribution in [0.5, 0.6) is 0 Å². The van der Waals surface area contributed by atoms with E-state index in [9.17, 15) is 0 Å². The third-order valence-electron chi connectivity index (χ3n) is 4.17. The van der Waals surface area contributed by atoms with Crippen LogP contribution < -0.4 is 22.1 Å². The summed E-state index contributed by atoms with van der Waals surface area (Å²) in [5, 5.41) is 6.91. The van der Waals surface area contributed by atoms with Crippen LogP contribution in [0, 0.1) is 0 Å². The average Bonchev–Trinajstić information content (AvgIpc) is 2.56. The van der Waals surface area contributed by atoms with E-state index < -0.39 is 0 Å². The molecular formula is C19H29N5. The molecule has 6 N–H and O–H groups in total. The third-order valence-corrected chi connectivity index (χ3v) is 4.17. The SMILES string of the molecule is CN(C)C(CCNc1ccc(N)cc1)CCNc1ccc(N)cc1. The van der Waals surface area contributed by atoms with E-state index in [0.29, 0.717) is 6.04 Å². The van der Waals surface area contributed by atoms with Crippen molar-refractivity contribution in [3.8, 4) is 0 Å². The predicted octanol–water partition coefficient (Wildman–Crippen LogP) is 3.09. The molecule has 0 radical (unpaired) electrons. The second-order valence-electron chi connectivity index (χ2n) is 6.29. The Hall–Kier alpha value is -2.40. The van der Waals surface area contributed by atoms with Crippen molar-refractivity contribution in [2.24, 2.45) is 0 Å². The first-order valence-electron chi connectivity index (χ1n) is 8.40. The summed E-state index contributed by atoms with van der Waals surface area (Å²) >= 11 is 0. The minimum atomic E-state index is 0.521. The number of hydrogen-bond donors (Lipinski definition) is 4. The summed E-state index contributed by atoms with van der Waals surface area (Å²) in [6, 6.07) is 16.3. The maximum Gasteiger partial charge on any atom is 0.0341 e. The smallest absolute Gasteiger partial charge is 0.0341 e. The molecule has 0 saturated heterocycles. The summed E-state index contributed by atoms with van der Waals surface area (Å²) in [7, 11) is 4.27. The number of benzene rings is 2. The minimum absolute atomic E-state index is 0.521. The van der Waals surface area contributed by atoms with Crippen molar-refractivity contribution in [1.29, 1.82) is 0 Å².